The van der Waals surface area contributed by atoms with E-state index in [1.165, 1.54) is 49.7 Å². The number of carbonyl (C=O) groups excluding carboxylic acids is 1. The molecule has 0 unspecified atom stereocenters. The van der Waals surface area contributed by atoms with Gasteiger partial charge in [0.1, 0.15) is 0 Å². The average Bonchev–Trinajstić information content (AvgIpc) is 2.60. The van der Waals surface area contributed by atoms with Gasteiger partial charge in [-0.15, -0.1) is 0 Å². The first-order valence-electron chi connectivity index (χ1n) is 7.39. The minimum absolute atomic E-state index is 0.158. The van der Waals surface area contributed by atoms with E-state index in [4.69, 9.17) is 5.11 Å². The van der Waals surface area contributed by atoms with Gasteiger partial charge in [-0.25, -0.2) is 18.6 Å². The van der Waals surface area contributed by atoms with E-state index in [1.807, 2.05) is 0 Å². The van der Waals surface area contributed by atoms with Crippen LogP contribution in [0.15, 0.2) is 53.6 Å². The van der Waals surface area contributed by atoms with Gasteiger partial charge in [0, 0.05) is 12.6 Å². The van der Waals surface area contributed by atoms with Crippen molar-refractivity contribution in [3.8, 4) is 0 Å². The number of carbonyl (C=O) groups is 2. The highest BCUT2D eigenvalue weighted by atomic mass is 32.2. The van der Waals surface area contributed by atoms with E-state index in [9.17, 15) is 18.0 Å². The maximum atomic E-state index is 12.0. The highest BCUT2D eigenvalue weighted by Crippen LogP contribution is 2.16. The van der Waals surface area contributed by atoms with E-state index in [1.54, 1.807) is 12.1 Å². The average molecular weight is 375 g/mol. The molecule has 9 heteroatoms. The van der Waals surface area contributed by atoms with Crippen LogP contribution < -0.4 is 9.73 Å². The molecule has 8 nitrogen and oxygen atoms in total. The Kier molecular flexibility index (Phi) is 5.73. The number of carboxylic acids is 1. The van der Waals surface area contributed by atoms with Crippen LogP contribution >= 0.6 is 0 Å². The lowest BCUT2D eigenvalue weighted by atomic mass is 10.1. The van der Waals surface area contributed by atoms with Gasteiger partial charge in [-0.3, -0.25) is 9.10 Å². The Balaban J connectivity index is 2.00. The maximum absolute atomic E-state index is 12.0. The quantitative estimate of drug-likeness (QED) is 0.587. The molecular weight excluding hydrogens is 358 g/mol. The third-order valence-electron chi connectivity index (χ3n) is 3.53. The van der Waals surface area contributed by atoms with Crippen molar-refractivity contribution in [1.29, 1.82) is 0 Å². The number of hydrazone groups is 1. The second-order valence-corrected chi connectivity index (χ2v) is 7.42. The maximum Gasteiger partial charge on any atom is 0.335 e. The van der Waals surface area contributed by atoms with Gasteiger partial charge in [0.15, 0.2) is 0 Å². The van der Waals surface area contributed by atoms with E-state index < -0.39 is 21.9 Å². The molecule has 0 saturated heterocycles. The number of hydrogen-bond acceptors (Lipinski definition) is 5. The Morgan fingerprint density at radius 3 is 2.08 bits per heavy atom. The summed E-state index contributed by atoms with van der Waals surface area (Å²) in [7, 11) is -1.95. The fourth-order valence-electron chi connectivity index (χ4n) is 1.96. The fourth-order valence-corrected chi connectivity index (χ4v) is 2.46. The van der Waals surface area contributed by atoms with Crippen LogP contribution in [-0.4, -0.2) is 44.9 Å². The Morgan fingerprint density at radius 1 is 1.04 bits per heavy atom. The Hall–Kier alpha value is -3.20. The smallest absolute Gasteiger partial charge is 0.335 e. The number of carboxylic acid groups (broad SMARTS) is 1. The summed E-state index contributed by atoms with van der Waals surface area (Å²) in [6, 6.07) is 12.0. The molecule has 0 radical (unpaired) electrons. The summed E-state index contributed by atoms with van der Waals surface area (Å²) in [6.07, 6.45) is 2.47. The topological polar surface area (TPSA) is 116 Å². The van der Waals surface area contributed by atoms with Gasteiger partial charge in [-0.1, -0.05) is 12.1 Å². The Morgan fingerprint density at radius 2 is 1.58 bits per heavy atom. The molecule has 2 rings (SSSR count). The van der Waals surface area contributed by atoms with Gasteiger partial charge in [0.2, 0.25) is 10.0 Å². The summed E-state index contributed by atoms with van der Waals surface area (Å²) >= 11 is 0. The second kappa shape index (κ2) is 7.79. The molecule has 2 N–H and O–H groups in total. The van der Waals surface area contributed by atoms with Gasteiger partial charge in [-0.2, -0.15) is 5.10 Å². The van der Waals surface area contributed by atoms with Crippen LogP contribution in [-0.2, 0) is 10.0 Å². The molecule has 0 saturated carbocycles. The molecule has 0 aliphatic heterocycles. The van der Waals surface area contributed by atoms with E-state index in [2.05, 4.69) is 10.5 Å². The predicted molar refractivity (Wildman–Crippen MR) is 98.2 cm³/mol. The zero-order chi connectivity index (χ0) is 19.3. The zero-order valence-corrected chi connectivity index (χ0v) is 14.9. The lowest BCUT2D eigenvalue weighted by Crippen LogP contribution is -2.25. The summed E-state index contributed by atoms with van der Waals surface area (Å²) in [5.74, 6) is -1.48. The van der Waals surface area contributed by atoms with Crippen molar-refractivity contribution < 1.29 is 23.1 Å². The number of sulfonamides is 1. The standard InChI is InChI=1S/C17H17N3O5S/c1-20(26(2,24)25)15-9-7-13(8-10-15)16(21)19-18-11-12-3-5-14(6-4-12)17(22)23/h3-11H,1-2H3,(H,19,21)(H,22,23)/b18-11-. The summed E-state index contributed by atoms with van der Waals surface area (Å²) < 4.78 is 24.1. The van der Waals surface area contributed by atoms with E-state index in [-0.39, 0.29) is 5.56 Å². The first kappa shape index (κ1) is 19.1. The summed E-state index contributed by atoms with van der Waals surface area (Å²) in [5, 5.41) is 12.6. The van der Waals surface area contributed by atoms with Crippen molar-refractivity contribution in [1.82, 2.24) is 5.43 Å². The molecule has 0 aromatic heterocycles. The molecule has 136 valence electrons. The van der Waals surface area contributed by atoms with Crippen LogP contribution in [0, 0.1) is 0 Å². The molecule has 1 amide bonds. The molecule has 26 heavy (non-hydrogen) atoms. The van der Waals surface area contributed by atoms with Crippen LogP contribution in [0.4, 0.5) is 5.69 Å². The summed E-state index contributed by atoms with van der Waals surface area (Å²) in [4.78, 5) is 22.8. The van der Waals surface area contributed by atoms with E-state index in [0.29, 0.717) is 16.8 Å². The molecule has 0 heterocycles. The zero-order valence-electron chi connectivity index (χ0n) is 14.1. The first-order chi connectivity index (χ1) is 12.2. The molecule has 0 atom stereocenters. The van der Waals surface area contributed by atoms with Gasteiger partial charge >= 0.3 is 5.97 Å². The van der Waals surface area contributed by atoms with E-state index >= 15 is 0 Å². The highest BCUT2D eigenvalue weighted by molar-refractivity contribution is 7.92. The highest BCUT2D eigenvalue weighted by Gasteiger charge is 2.12. The number of amides is 1. The minimum Gasteiger partial charge on any atom is -0.478 e. The number of aromatic carboxylic acids is 1. The normalized spacial score (nSPS) is 11.3. The molecule has 0 aliphatic carbocycles. The van der Waals surface area contributed by atoms with Crippen molar-refractivity contribution in [3.05, 3.63) is 65.2 Å². The predicted octanol–water partition coefficient (Wildman–Crippen LogP) is 1.54. The largest absolute Gasteiger partial charge is 0.478 e. The van der Waals surface area contributed by atoms with Crippen molar-refractivity contribution in [2.24, 2.45) is 5.10 Å². The van der Waals surface area contributed by atoms with Gasteiger partial charge in [0.05, 0.1) is 23.7 Å². The molecule has 0 aliphatic rings. The van der Waals surface area contributed by atoms with Crippen LogP contribution in [0.1, 0.15) is 26.3 Å². The number of hydrogen-bond donors (Lipinski definition) is 2. The van der Waals surface area contributed by atoms with Crippen LogP contribution in [0.3, 0.4) is 0 Å². The van der Waals surface area contributed by atoms with Crippen molar-refractivity contribution in [2.75, 3.05) is 17.6 Å². The van der Waals surface area contributed by atoms with Gasteiger partial charge in [-0.05, 0) is 42.0 Å². The number of anilines is 1. The lowest BCUT2D eigenvalue weighted by Gasteiger charge is -2.16. The molecule has 2 aromatic carbocycles. The van der Waals surface area contributed by atoms with Crippen LogP contribution in [0.5, 0.6) is 0 Å². The number of nitrogens with zero attached hydrogens (tertiary/aromatic N) is 2. The first-order valence-corrected chi connectivity index (χ1v) is 9.24. The number of nitrogens with one attached hydrogen (secondary N) is 1. The fraction of sp³-hybridized carbons (Fsp3) is 0.118. The minimum atomic E-state index is -3.37. The summed E-state index contributed by atoms with van der Waals surface area (Å²) in [6.45, 7) is 0. The van der Waals surface area contributed by atoms with Crippen molar-refractivity contribution in [2.45, 2.75) is 0 Å². The Labute approximate surface area is 150 Å². The van der Waals surface area contributed by atoms with Crippen molar-refractivity contribution >= 4 is 33.8 Å². The molecule has 0 bridgehead atoms. The van der Waals surface area contributed by atoms with Crippen molar-refractivity contribution in [3.63, 3.8) is 0 Å². The lowest BCUT2D eigenvalue weighted by molar-refractivity contribution is 0.0696. The van der Waals surface area contributed by atoms with Gasteiger partial charge in [0.25, 0.3) is 5.91 Å². The molecular formula is C17H17N3O5S. The number of rotatable bonds is 6. The monoisotopic (exact) mass is 375 g/mol. The second-order valence-electron chi connectivity index (χ2n) is 5.40. The number of benzene rings is 2. The van der Waals surface area contributed by atoms with E-state index in [0.717, 1.165) is 10.6 Å². The van der Waals surface area contributed by atoms with Crippen LogP contribution in [0.2, 0.25) is 0 Å². The third-order valence-corrected chi connectivity index (χ3v) is 4.73. The summed E-state index contributed by atoms with van der Waals surface area (Å²) in [5.41, 5.74) is 3.88. The SMILES string of the molecule is CN(c1ccc(C(=O)N/N=C\c2ccc(C(=O)O)cc2)cc1)S(C)(=O)=O. The molecule has 2 aromatic rings. The van der Waals surface area contributed by atoms with Gasteiger partial charge < -0.3 is 5.11 Å². The molecule has 0 spiro atoms. The molecule has 0 fully saturated rings. The van der Waals surface area contributed by atoms with Crippen LogP contribution in [0.25, 0.3) is 0 Å². The Bertz CT molecular complexity index is 935. The third kappa shape index (κ3) is 4.90.